The molecule has 0 atom stereocenters. The fourth-order valence-corrected chi connectivity index (χ4v) is 2.56. The van der Waals surface area contributed by atoms with Crippen LogP contribution in [0.5, 0.6) is 0 Å². The first kappa shape index (κ1) is 13.6. The van der Waals surface area contributed by atoms with Crippen molar-refractivity contribution in [2.45, 2.75) is 33.2 Å². The Balaban J connectivity index is 1.91. The van der Waals surface area contributed by atoms with Crippen LogP contribution in [0.2, 0.25) is 0 Å². The summed E-state index contributed by atoms with van der Waals surface area (Å²) in [7, 11) is 0. The Labute approximate surface area is 123 Å². The first-order chi connectivity index (χ1) is 10.2. The Hall–Kier alpha value is -2.36. The first-order valence-corrected chi connectivity index (χ1v) is 7.28. The number of hydrogen-bond donors (Lipinski definition) is 0. The van der Waals surface area contributed by atoms with Crippen LogP contribution in [0.3, 0.4) is 0 Å². The van der Waals surface area contributed by atoms with Gasteiger partial charge in [-0.05, 0) is 25.5 Å². The smallest absolute Gasteiger partial charge is 0.172 e. The number of rotatable bonds is 5. The van der Waals surface area contributed by atoms with Crippen molar-refractivity contribution < 1.29 is 9.21 Å². The van der Waals surface area contributed by atoms with Gasteiger partial charge in [-0.15, -0.1) is 0 Å². The van der Waals surface area contributed by atoms with Gasteiger partial charge in [0.1, 0.15) is 11.8 Å². The van der Waals surface area contributed by atoms with Crippen LogP contribution in [-0.2, 0) is 19.4 Å². The van der Waals surface area contributed by atoms with E-state index in [2.05, 4.69) is 12.0 Å². The lowest BCUT2D eigenvalue weighted by molar-refractivity contribution is 0.0991. The van der Waals surface area contributed by atoms with Crippen LogP contribution in [0, 0.1) is 0 Å². The lowest BCUT2D eigenvalue weighted by Gasteiger charge is -2.03. The molecule has 0 N–H and O–H groups in total. The quantitative estimate of drug-likeness (QED) is 0.671. The lowest BCUT2D eigenvalue weighted by Crippen LogP contribution is -2.09. The Morgan fingerprint density at radius 3 is 2.86 bits per heavy atom. The Bertz CT molecular complexity index is 783. The van der Waals surface area contributed by atoms with Gasteiger partial charge in [0.2, 0.25) is 0 Å². The number of Topliss-reactive ketones (excluding diaryl/α,β-unsaturated/α-hetero) is 1. The van der Waals surface area contributed by atoms with Gasteiger partial charge >= 0.3 is 0 Å². The molecule has 2 heterocycles. The van der Waals surface area contributed by atoms with E-state index in [1.54, 1.807) is 6.26 Å². The molecule has 0 radical (unpaired) electrons. The van der Waals surface area contributed by atoms with Crippen molar-refractivity contribution in [3.05, 3.63) is 53.5 Å². The van der Waals surface area contributed by atoms with Crippen molar-refractivity contribution in [1.29, 1.82) is 0 Å². The maximum atomic E-state index is 12.6. The van der Waals surface area contributed by atoms with Crippen molar-refractivity contribution in [2.75, 3.05) is 0 Å². The zero-order chi connectivity index (χ0) is 14.8. The number of fused-ring (bicyclic) bond motifs is 1. The highest BCUT2D eigenvalue weighted by Gasteiger charge is 2.16. The standard InChI is InChI=1S/C17H18N2O2/c1-3-12-9-13(19(4-2)18-12)10-16(20)15-11-21-17-8-6-5-7-14(15)17/h5-9,11H,3-4,10H2,1-2H3. The summed E-state index contributed by atoms with van der Waals surface area (Å²) in [6.07, 6.45) is 2.79. The van der Waals surface area contributed by atoms with Crippen molar-refractivity contribution >= 4 is 16.8 Å². The molecule has 0 fully saturated rings. The maximum absolute atomic E-state index is 12.6. The second-order valence-corrected chi connectivity index (χ2v) is 5.04. The Morgan fingerprint density at radius 2 is 2.10 bits per heavy atom. The summed E-state index contributed by atoms with van der Waals surface area (Å²) in [5.41, 5.74) is 3.38. The zero-order valence-electron chi connectivity index (χ0n) is 12.3. The van der Waals surface area contributed by atoms with Crippen molar-refractivity contribution in [2.24, 2.45) is 0 Å². The third kappa shape index (κ3) is 2.49. The van der Waals surface area contributed by atoms with Crippen LogP contribution < -0.4 is 0 Å². The van der Waals surface area contributed by atoms with Gasteiger partial charge < -0.3 is 4.42 Å². The molecule has 3 rings (SSSR count). The number of nitrogens with zero attached hydrogens (tertiary/aromatic N) is 2. The fourth-order valence-electron chi connectivity index (χ4n) is 2.56. The largest absolute Gasteiger partial charge is 0.464 e. The van der Waals surface area contributed by atoms with E-state index in [9.17, 15) is 4.79 Å². The number of hydrogen-bond acceptors (Lipinski definition) is 3. The number of carbonyl (C=O) groups excluding carboxylic acids is 1. The molecular weight excluding hydrogens is 264 g/mol. The normalized spacial score (nSPS) is 11.1. The van der Waals surface area contributed by atoms with Crippen molar-refractivity contribution in [1.82, 2.24) is 9.78 Å². The third-order valence-corrected chi connectivity index (χ3v) is 3.70. The molecule has 3 aromatic rings. The van der Waals surface area contributed by atoms with E-state index in [0.717, 1.165) is 35.3 Å². The second-order valence-electron chi connectivity index (χ2n) is 5.04. The molecule has 108 valence electrons. The lowest BCUT2D eigenvalue weighted by atomic mass is 10.1. The SMILES string of the molecule is CCc1cc(CC(=O)c2coc3ccccc23)n(CC)n1. The number of carbonyl (C=O) groups is 1. The molecule has 0 saturated heterocycles. The van der Waals surface area contributed by atoms with Gasteiger partial charge in [0.15, 0.2) is 5.78 Å². The van der Waals surface area contributed by atoms with E-state index in [0.29, 0.717) is 12.0 Å². The van der Waals surface area contributed by atoms with Crippen LogP contribution in [0.25, 0.3) is 11.0 Å². The average molecular weight is 282 g/mol. The summed E-state index contributed by atoms with van der Waals surface area (Å²) in [6.45, 7) is 4.87. The molecule has 2 aromatic heterocycles. The van der Waals surface area contributed by atoms with E-state index >= 15 is 0 Å². The molecule has 4 heteroatoms. The van der Waals surface area contributed by atoms with Crippen LogP contribution in [-0.4, -0.2) is 15.6 Å². The Morgan fingerprint density at radius 1 is 1.29 bits per heavy atom. The first-order valence-electron chi connectivity index (χ1n) is 7.28. The predicted octanol–water partition coefficient (Wildman–Crippen LogP) is 3.64. The number of ketones is 1. The summed E-state index contributed by atoms with van der Waals surface area (Å²) in [5.74, 6) is 0.0669. The fraction of sp³-hybridized carbons (Fsp3) is 0.294. The summed E-state index contributed by atoms with van der Waals surface area (Å²) in [5, 5.41) is 5.36. The average Bonchev–Trinajstić information content (AvgIpc) is 3.10. The van der Waals surface area contributed by atoms with E-state index < -0.39 is 0 Å². The predicted molar refractivity (Wildman–Crippen MR) is 81.5 cm³/mol. The molecule has 0 aliphatic carbocycles. The zero-order valence-corrected chi connectivity index (χ0v) is 12.3. The van der Waals surface area contributed by atoms with Crippen LogP contribution in [0.15, 0.2) is 41.0 Å². The molecule has 0 spiro atoms. The van der Waals surface area contributed by atoms with Gasteiger partial charge in [0, 0.05) is 17.6 Å². The molecule has 0 unspecified atom stereocenters. The van der Waals surface area contributed by atoms with Gasteiger partial charge in [-0.3, -0.25) is 9.48 Å². The number of para-hydroxylation sites is 1. The minimum Gasteiger partial charge on any atom is -0.464 e. The molecule has 21 heavy (non-hydrogen) atoms. The van der Waals surface area contributed by atoms with Gasteiger partial charge in [-0.2, -0.15) is 5.10 Å². The highest BCUT2D eigenvalue weighted by Crippen LogP contribution is 2.22. The van der Waals surface area contributed by atoms with Crippen LogP contribution >= 0.6 is 0 Å². The van der Waals surface area contributed by atoms with Crippen LogP contribution in [0.1, 0.15) is 35.6 Å². The van der Waals surface area contributed by atoms with Gasteiger partial charge in [-0.25, -0.2) is 0 Å². The Kier molecular flexibility index (Phi) is 3.60. The molecule has 0 aliphatic heterocycles. The van der Waals surface area contributed by atoms with Gasteiger partial charge in [0.25, 0.3) is 0 Å². The summed E-state index contributed by atoms with van der Waals surface area (Å²) in [6, 6.07) is 9.63. The highest BCUT2D eigenvalue weighted by atomic mass is 16.3. The summed E-state index contributed by atoms with van der Waals surface area (Å²) < 4.78 is 7.35. The minimum absolute atomic E-state index is 0.0669. The minimum atomic E-state index is 0.0669. The van der Waals surface area contributed by atoms with E-state index in [-0.39, 0.29) is 5.78 Å². The molecular formula is C17H18N2O2. The van der Waals surface area contributed by atoms with Gasteiger partial charge in [-0.1, -0.05) is 25.1 Å². The van der Waals surface area contributed by atoms with Crippen molar-refractivity contribution in [3.8, 4) is 0 Å². The monoisotopic (exact) mass is 282 g/mol. The number of furan rings is 1. The van der Waals surface area contributed by atoms with E-state index in [1.807, 2.05) is 41.9 Å². The van der Waals surface area contributed by atoms with Crippen LogP contribution in [0.4, 0.5) is 0 Å². The highest BCUT2D eigenvalue weighted by molar-refractivity contribution is 6.07. The maximum Gasteiger partial charge on any atom is 0.172 e. The van der Waals surface area contributed by atoms with Crippen molar-refractivity contribution in [3.63, 3.8) is 0 Å². The molecule has 0 amide bonds. The molecule has 0 bridgehead atoms. The third-order valence-electron chi connectivity index (χ3n) is 3.70. The number of benzene rings is 1. The molecule has 0 saturated carbocycles. The summed E-state index contributed by atoms with van der Waals surface area (Å²) in [4.78, 5) is 12.6. The second kappa shape index (κ2) is 5.56. The molecule has 0 aliphatic rings. The summed E-state index contributed by atoms with van der Waals surface area (Å²) >= 11 is 0. The molecule has 4 nitrogen and oxygen atoms in total. The van der Waals surface area contributed by atoms with E-state index in [1.165, 1.54) is 0 Å². The van der Waals surface area contributed by atoms with E-state index in [4.69, 9.17) is 4.42 Å². The number of aryl methyl sites for hydroxylation is 2. The molecule has 1 aromatic carbocycles. The number of aromatic nitrogens is 2. The van der Waals surface area contributed by atoms with Gasteiger partial charge in [0.05, 0.1) is 17.7 Å². The topological polar surface area (TPSA) is 48.0 Å².